The molecule has 0 amide bonds. The summed E-state index contributed by atoms with van der Waals surface area (Å²) >= 11 is 0. The SMILES string of the molecule is C=NC.C=O.CC.CC[C@@H](Nc1c(Nc2cccc(C)c2O)c(=O)c1=O)c1ccccn1. The molecule has 32 heavy (non-hydrogen) atoms. The summed E-state index contributed by atoms with van der Waals surface area (Å²) in [5.41, 5.74) is 1.09. The van der Waals surface area contributed by atoms with Gasteiger partial charge in [0.1, 0.15) is 23.9 Å². The number of benzene rings is 1. The largest absolute Gasteiger partial charge is 0.505 e. The quantitative estimate of drug-likeness (QED) is 0.299. The van der Waals surface area contributed by atoms with E-state index in [1.54, 1.807) is 38.4 Å². The van der Waals surface area contributed by atoms with Gasteiger partial charge in [-0.25, -0.2) is 0 Å². The fraction of sp³-hybridized carbons (Fsp3) is 0.292. The Morgan fingerprint density at radius 1 is 1.06 bits per heavy atom. The van der Waals surface area contributed by atoms with Gasteiger partial charge in [-0.2, -0.15) is 0 Å². The lowest BCUT2D eigenvalue weighted by molar-refractivity contribution is -0.0979. The van der Waals surface area contributed by atoms with Crippen molar-refractivity contribution in [1.82, 2.24) is 4.98 Å². The number of anilines is 3. The van der Waals surface area contributed by atoms with Gasteiger partial charge < -0.3 is 25.5 Å². The first-order valence-corrected chi connectivity index (χ1v) is 10.1. The molecule has 1 atom stereocenters. The van der Waals surface area contributed by atoms with E-state index in [0.717, 1.165) is 5.69 Å². The van der Waals surface area contributed by atoms with Crippen LogP contribution in [-0.4, -0.2) is 30.6 Å². The topological polar surface area (TPSA) is 121 Å². The second-order valence-corrected chi connectivity index (χ2v) is 6.18. The minimum atomic E-state index is -0.598. The van der Waals surface area contributed by atoms with Gasteiger partial charge in [-0.05, 0) is 43.8 Å². The van der Waals surface area contributed by atoms with E-state index >= 15 is 0 Å². The number of nitrogens with one attached hydrogen (secondary N) is 2. The Morgan fingerprint density at radius 2 is 1.66 bits per heavy atom. The van der Waals surface area contributed by atoms with Crippen LogP contribution in [0.5, 0.6) is 5.75 Å². The number of aliphatic imine (C=N–C) groups is 1. The van der Waals surface area contributed by atoms with Crippen molar-refractivity contribution in [3.05, 3.63) is 74.3 Å². The van der Waals surface area contributed by atoms with Gasteiger partial charge in [0, 0.05) is 13.2 Å². The Bertz CT molecular complexity index is 1030. The molecular weight excluding hydrogens is 408 g/mol. The lowest BCUT2D eigenvalue weighted by Gasteiger charge is -2.21. The predicted octanol–water partition coefficient (Wildman–Crippen LogP) is 4.16. The standard InChI is InChI=1S/C19H19N3O3.C2H5N.C2H6.CH2O/c1-3-12(13-8-4-5-10-20-13)21-15-16(19(25)18(15)24)22-14-9-6-7-11(2)17(14)23;1-3-2;2*1-2/h4-10,12,21-23H,3H2,1-2H3;1H2,2H3;1-2H3;1H2/t12-;;;/m1.../s1. The summed E-state index contributed by atoms with van der Waals surface area (Å²) in [7, 11) is 1.64. The average molecular weight is 441 g/mol. The Balaban J connectivity index is 0.00000124. The molecule has 0 fully saturated rings. The van der Waals surface area contributed by atoms with Crippen LogP contribution in [0.25, 0.3) is 0 Å². The lowest BCUT2D eigenvalue weighted by Crippen LogP contribution is -2.37. The number of aryl methyl sites for hydroxylation is 1. The van der Waals surface area contributed by atoms with Gasteiger partial charge in [0.05, 0.1) is 17.4 Å². The maximum atomic E-state index is 12.0. The van der Waals surface area contributed by atoms with E-state index in [1.165, 1.54) is 0 Å². The smallest absolute Gasteiger partial charge is 0.253 e. The van der Waals surface area contributed by atoms with Crippen LogP contribution >= 0.6 is 0 Å². The van der Waals surface area contributed by atoms with E-state index in [9.17, 15) is 14.7 Å². The third-order valence-corrected chi connectivity index (χ3v) is 4.18. The minimum Gasteiger partial charge on any atom is -0.505 e. The highest BCUT2D eigenvalue weighted by atomic mass is 16.3. The highest BCUT2D eigenvalue weighted by Crippen LogP contribution is 2.32. The number of hydrogen-bond donors (Lipinski definition) is 3. The molecule has 172 valence electrons. The maximum Gasteiger partial charge on any atom is 0.253 e. The summed E-state index contributed by atoms with van der Waals surface area (Å²) in [4.78, 5) is 39.5. The van der Waals surface area contributed by atoms with Crippen molar-refractivity contribution in [1.29, 1.82) is 0 Å². The van der Waals surface area contributed by atoms with Gasteiger partial charge in [0.2, 0.25) is 0 Å². The zero-order valence-electron chi connectivity index (χ0n) is 19.3. The first-order chi connectivity index (χ1) is 15.4. The number of pyridine rings is 1. The number of carbonyl (C=O) groups excluding carboxylic acids is 1. The van der Waals surface area contributed by atoms with E-state index in [-0.39, 0.29) is 23.2 Å². The average Bonchev–Trinajstić information content (AvgIpc) is 2.84. The number of para-hydroxylation sites is 1. The van der Waals surface area contributed by atoms with Crippen molar-refractivity contribution in [2.24, 2.45) is 4.99 Å². The Hall–Kier alpha value is -3.81. The van der Waals surface area contributed by atoms with Crippen LogP contribution < -0.4 is 21.5 Å². The fourth-order valence-electron chi connectivity index (χ4n) is 2.68. The summed E-state index contributed by atoms with van der Waals surface area (Å²) in [6.07, 6.45) is 2.39. The van der Waals surface area contributed by atoms with E-state index in [2.05, 4.69) is 27.3 Å². The Kier molecular flexibility index (Phi) is 13.3. The molecule has 0 aliphatic rings. The third-order valence-electron chi connectivity index (χ3n) is 4.18. The molecule has 0 radical (unpaired) electrons. The van der Waals surface area contributed by atoms with Crippen LogP contribution in [0.1, 0.15) is 44.5 Å². The molecule has 0 aliphatic heterocycles. The molecule has 3 rings (SSSR count). The molecule has 0 saturated carbocycles. The van der Waals surface area contributed by atoms with Crippen molar-refractivity contribution in [3.63, 3.8) is 0 Å². The summed E-state index contributed by atoms with van der Waals surface area (Å²) in [6, 6.07) is 10.6. The normalized spacial score (nSPS) is 10.2. The van der Waals surface area contributed by atoms with E-state index in [4.69, 9.17) is 4.79 Å². The number of aromatic nitrogens is 1. The van der Waals surface area contributed by atoms with E-state index in [0.29, 0.717) is 17.7 Å². The number of aromatic hydroxyl groups is 1. The molecule has 0 saturated heterocycles. The maximum absolute atomic E-state index is 12.0. The highest BCUT2D eigenvalue weighted by molar-refractivity contribution is 5.81. The van der Waals surface area contributed by atoms with Crippen molar-refractivity contribution >= 4 is 30.6 Å². The van der Waals surface area contributed by atoms with Gasteiger partial charge in [-0.15, -0.1) is 0 Å². The second kappa shape index (κ2) is 15.1. The van der Waals surface area contributed by atoms with Gasteiger partial charge in [-0.1, -0.05) is 39.0 Å². The van der Waals surface area contributed by atoms with Crippen LogP contribution in [0.2, 0.25) is 0 Å². The Morgan fingerprint density at radius 3 is 2.19 bits per heavy atom. The number of nitrogens with zero attached hydrogens (tertiary/aromatic N) is 2. The molecule has 0 spiro atoms. The molecule has 3 N–H and O–H groups in total. The van der Waals surface area contributed by atoms with Gasteiger partial charge in [-0.3, -0.25) is 14.6 Å². The summed E-state index contributed by atoms with van der Waals surface area (Å²) in [6.45, 7) is 12.8. The first kappa shape index (κ1) is 28.2. The second-order valence-electron chi connectivity index (χ2n) is 6.18. The third kappa shape index (κ3) is 7.16. The monoisotopic (exact) mass is 440 g/mol. The molecule has 2 aromatic carbocycles. The molecule has 8 heteroatoms. The molecule has 1 heterocycles. The lowest BCUT2D eigenvalue weighted by atomic mass is 10.1. The zero-order chi connectivity index (χ0) is 24.7. The van der Waals surface area contributed by atoms with Crippen LogP contribution in [-0.2, 0) is 4.79 Å². The summed E-state index contributed by atoms with van der Waals surface area (Å²) < 4.78 is 0. The molecule has 3 aromatic rings. The van der Waals surface area contributed by atoms with E-state index < -0.39 is 10.9 Å². The van der Waals surface area contributed by atoms with Crippen LogP contribution in [0.3, 0.4) is 0 Å². The summed E-state index contributed by atoms with van der Waals surface area (Å²) in [5.74, 6) is 0.0540. The molecule has 0 aliphatic carbocycles. The van der Waals surface area contributed by atoms with Crippen molar-refractivity contribution in [3.8, 4) is 5.75 Å². The molecule has 0 bridgehead atoms. The first-order valence-electron chi connectivity index (χ1n) is 10.1. The van der Waals surface area contributed by atoms with Gasteiger partial charge in [0.25, 0.3) is 10.9 Å². The van der Waals surface area contributed by atoms with Crippen molar-refractivity contribution in [2.75, 3.05) is 17.7 Å². The molecule has 8 nitrogen and oxygen atoms in total. The fourth-order valence-corrected chi connectivity index (χ4v) is 2.68. The zero-order valence-corrected chi connectivity index (χ0v) is 19.3. The molecular formula is C24H32N4O4. The minimum absolute atomic E-state index is 0.0540. The van der Waals surface area contributed by atoms with Crippen LogP contribution in [0, 0.1) is 6.92 Å². The Labute approximate surface area is 188 Å². The number of hydrogen-bond acceptors (Lipinski definition) is 8. The number of carbonyl (C=O) groups is 1. The van der Waals surface area contributed by atoms with Crippen molar-refractivity contribution in [2.45, 2.75) is 40.2 Å². The molecule has 1 aromatic heterocycles. The summed E-state index contributed by atoms with van der Waals surface area (Å²) in [5, 5.41) is 16.1. The number of phenolic OH excluding ortho intramolecular Hbond substituents is 1. The van der Waals surface area contributed by atoms with Gasteiger partial charge in [0.15, 0.2) is 0 Å². The predicted molar refractivity (Wildman–Crippen MR) is 132 cm³/mol. The number of phenols is 1. The number of rotatable bonds is 6. The van der Waals surface area contributed by atoms with Crippen LogP contribution in [0.4, 0.5) is 17.1 Å². The van der Waals surface area contributed by atoms with Crippen molar-refractivity contribution < 1.29 is 9.90 Å². The van der Waals surface area contributed by atoms with E-state index in [1.807, 2.05) is 45.8 Å². The highest BCUT2D eigenvalue weighted by Gasteiger charge is 2.24. The molecule has 0 unspecified atom stereocenters. The van der Waals surface area contributed by atoms with Crippen LogP contribution in [0.15, 0.2) is 57.2 Å². The van der Waals surface area contributed by atoms with Gasteiger partial charge >= 0.3 is 0 Å².